The Labute approximate surface area is 69.1 Å². The van der Waals surface area contributed by atoms with Crippen molar-refractivity contribution >= 4 is 0 Å². The van der Waals surface area contributed by atoms with E-state index in [0.717, 1.165) is 19.3 Å². The molecular formula is C9H19NO. The van der Waals surface area contributed by atoms with E-state index in [9.17, 15) is 0 Å². The Morgan fingerprint density at radius 1 is 1.45 bits per heavy atom. The first-order valence-corrected chi connectivity index (χ1v) is 4.49. The Morgan fingerprint density at radius 3 is 2.18 bits per heavy atom. The number of rotatable bonds is 3. The number of methoxy groups -OCH3 is 1. The first-order chi connectivity index (χ1) is 5.21. The minimum atomic E-state index is 0.286. The molecule has 0 aromatic carbocycles. The number of nitrogens with two attached hydrogens (primary N) is 1. The second-order valence-corrected chi connectivity index (χ2v) is 3.51. The molecule has 2 nitrogen and oxygen atoms in total. The average Bonchev–Trinajstić information content (AvgIpc) is 2.02. The van der Waals surface area contributed by atoms with Gasteiger partial charge in [-0.3, -0.25) is 0 Å². The normalized spacial score (nSPS) is 34.9. The van der Waals surface area contributed by atoms with Gasteiger partial charge in [-0.25, -0.2) is 0 Å². The van der Waals surface area contributed by atoms with Crippen molar-refractivity contribution in [3.8, 4) is 0 Å². The van der Waals surface area contributed by atoms with Crippen LogP contribution in [0.15, 0.2) is 0 Å². The third kappa shape index (κ3) is 1.09. The second kappa shape index (κ2) is 3.11. The van der Waals surface area contributed by atoms with Crippen molar-refractivity contribution in [2.75, 3.05) is 7.11 Å². The van der Waals surface area contributed by atoms with Gasteiger partial charge in [0, 0.05) is 18.6 Å². The molecule has 0 aliphatic heterocycles. The first kappa shape index (κ1) is 9.01. The molecule has 0 aromatic rings. The molecule has 2 N–H and O–H groups in total. The van der Waals surface area contributed by atoms with Crippen molar-refractivity contribution in [1.82, 2.24) is 0 Å². The van der Waals surface area contributed by atoms with Gasteiger partial charge in [0.2, 0.25) is 0 Å². The minimum absolute atomic E-state index is 0.286. The zero-order chi connectivity index (χ0) is 8.48. The van der Waals surface area contributed by atoms with Crippen LogP contribution < -0.4 is 5.73 Å². The van der Waals surface area contributed by atoms with Crippen LogP contribution in [0.2, 0.25) is 0 Å². The smallest absolute Gasteiger partial charge is 0.0657 e. The van der Waals surface area contributed by atoms with E-state index in [1.54, 1.807) is 7.11 Å². The van der Waals surface area contributed by atoms with Gasteiger partial charge < -0.3 is 10.5 Å². The van der Waals surface area contributed by atoms with Crippen molar-refractivity contribution < 1.29 is 4.74 Å². The number of ether oxygens (including phenoxy) is 1. The standard InChI is InChI=1S/C9H19NO/c1-4-9(5-2)7(10)6-8(9)11-3/h7-8H,4-6,10H2,1-3H3/t7-,8-/m1/s1. The van der Waals surface area contributed by atoms with E-state index < -0.39 is 0 Å². The predicted molar refractivity (Wildman–Crippen MR) is 46.4 cm³/mol. The maximum Gasteiger partial charge on any atom is 0.0657 e. The summed E-state index contributed by atoms with van der Waals surface area (Å²) in [6.45, 7) is 4.41. The molecule has 1 saturated carbocycles. The predicted octanol–water partition coefficient (Wildman–Crippen LogP) is 1.54. The third-order valence-corrected chi connectivity index (χ3v) is 3.45. The molecule has 0 heterocycles. The lowest BCUT2D eigenvalue weighted by atomic mass is 9.59. The molecule has 0 unspecified atom stereocenters. The van der Waals surface area contributed by atoms with Gasteiger partial charge >= 0.3 is 0 Å². The van der Waals surface area contributed by atoms with Crippen LogP contribution in [-0.4, -0.2) is 19.3 Å². The summed E-state index contributed by atoms with van der Waals surface area (Å²) >= 11 is 0. The fourth-order valence-electron chi connectivity index (χ4n) is 2.34. The Hall–Kier alpha value is -0.0800. The molecule has 2 heteroatoms. The molecule has 0 amide bonds. The van der Waals surface area contributed by atoms with E-state index in [4.69, 9.17) is 10.5 Å². The molecule has 1 aliphatic rings. The van der Waals surface area contributed by atoms with Gasteiger partial charge in [-0.15, -0.1) is 0 Å². The van der Waals surface area contributed by atoms with Gasteiger partial charge in [-0.2, -0.15) is 0 Å². The fourth-order valence-corrected chi connectivity index (χ4v) is 2.34. The summed E-state index contributed by atoms with van der Waals surface area (Å²) in [5.41, 5.74) is 6.25. The van der Waals surface area contributed by atoms with Crippen LogP contribution in [0.5, 0.6) is 0 Å². The topological polar surface area (TPSA) is 35.2 Å². The van der Waals surface area contributed by atoms with Crippen LogP contribution >= 0.6 is 0 Å². The minimum Gasteiger partial charge on any atom is -0.381 e. The van der Waals surface area contributed by atoms with Crippen LogP contribution in [0.25, 0.3) is 0 Å². The highest BCUT2D eigenvalue weighted by molar-refractivity contribution is 5.04. The largest absolute Gasteiger partial charge is 0.381 e. The maximum atomic E-state index is 5.96. The first-order valence-electron chi connectivity index (χ1n) is 4.49. The highest BCUT2D eigenvalue weighted by Crippen LogP contribution is 2.47. The summed E-state index contributed by atoms with van der Waals surface area (Å²) in [6, 6.07) is 0.363. The van der Waals surface area contributed by atoms with Crippen LogP contribution in [0.1, 0.15) is 33.1 Å². The van der Waals surface area contributed by atoms with Gasteiger partial charge in [0.15, 0.2) is 0 Å². The molecule has 1 aliphatic carbocycles. The van der Waals surface area contributed by atoms with E-state index >= 15 is 0 Å². The van der Waals surface area contributed by atoms with Crippen LogP contribution in [0.3, 0.4) is 0 Å². The van der Waals surface area contributed by atoms with Crippen molar-refractivity contribution in [3.63, 3.8) is 0 Å². The van der Waals surface area contributed by atoms with Gasteiger partial charge in [0.1, 0.15) is 0 Å². The summed E-state index contributed by atoms with van der Waals surface area (Å²) in [6.07, 6.45) is 3.73. The Morgan fingerprint density at radius 2 is 2.00 bits per heavy atom. The molecule has 0 radical (unpaired) electrons. The summed E-state index contributed by atoms with van der Waals surface area (Å²) in [7, 11) is 1.79. The second-order valence-electron chi connectivity index (χ2n) is 3.51. The lowest BCUT2D eigenvalue weighted by molar-refractivity contribution is -0.112. The van der Waals surface area contributed by atoms with Crippen LogP contribution in [0, 0.1) is 5.41 Å². The molecule has 11 heavy (non-hydrogen) atoms. The van der Waals surface area contributed by atoms with Crippen LogP contribution in [-0.2, 0) is 4.74 Å². The molecule has 0 bridgehead atoms. The van der Waals surface area contributed by atoms with Crippen molar-refractivity contribution in [3.05, 3.63) is 0 Å². The molecular weight excluding hydrogens is 138 g/mol. The third-order valence-electron chi connectivity index (χ3n) is 3.45. The van der Waals surface area contributed by atoms with E-state index in [0.29, 0.717) is 12.1 Å². The van der Waals surface area contributed by atoms with Gasteiger partial charge in [-0.05, 0) is 19.3 Å². The molecule has 66 valence electrons. The highest BCUT2D eigenvalue weighted by Gasteiger charge is 2.50. The molecule has 0 saturated heterocycles. The van der Waals surface area contributed by atoms with Gasteiger partial charge in [0.05, 0.1) is 6.10 Å². The Bertz CT molecular complexity index is 132. The lowest BCUT2D eigenvalue weighted by Crippen LogP contribution is -2.61. The summed E-state index contributed by atoms with van der Waals surface area (Å²) < 4.78 is 5.37. The van der Waals surface area contributed by atoms with Gasteiger partial charge in [0.25, 0.3) is 0 Å². The van der Waals surface area contributed by atoms with E-state index in [1.165, 1.54) is 0 Å². The zero-order valence-electron chi connectivity index (χ0n) is 7.76. The Balaban J connectivity index is 2.62. The molecule has 1 fully saturated rings. The summed E-state index contributed by atoms with van der Waals surface area (Å²) in [4.78, 5) is 0. The quantitative estimate of drug-likeness (QED) is 0.674. The lowest BCUT2D eigenvalue weighted by Gasteiger charge is -2.53. The average molecular weight is 157 g/mol. The van der Waals surface area contributed by atoms with E-state index in [-0.39, 0.29) is 5.41 Å². The molecule has 2 atom stereocenters. The van der Waals surface area contributed by atoms with Crippen molar-refractivity contribution in [1.29, 1.82) is 0 Å². The summed E-state index contributed by atoms with van der Waals surface area (Å²) in [5, 5.41) is 0. The van der Waals surface area contributed by atoms with E-state index in [2.05, 4.69) is 13.8 Å². The van der Waals surface area contributed by atoms with Crippen molar-refractivity contribution in [2.45, 2.75) is 45.3 Å². The summed E-state index contributed by atoms with van der Waals surface area (Å²) in [5.74, 6) is 0. The SMILES string of the molecule is CCC1(CC)[C@H](N)C[C@H]1OC. The van der Waals surface area contributed by atoms with E-state index in [1.807, 2.05) is 0 Å². The van der Waals surface area contributed by atoms with Crippen LogP contribution in [0.4, 0.5) is 0 Å². The fraction of sp³-hybridized carbons (Fsp3) is 1.00. The Kier molecular flexibility index (Phi) is 2.55. The molecule has 0 aromatic heterocycles. The zero-order valence-corrected chi connectivity index (χ0v) is 7.76. The molecule has 0 spiro atoms. The number of hydrogen-bond acceptors (Lipinski definition) is 2. The van der Waals surface area contributed by atoms with Gasteiger partial charge in [-0.1, -0.05) is 13.8 Å². The monoisotopic (exact) mass is 157 g/mol. The van der Waals surface area contributed by atoms with Crippen molar-refractivity contribution in [2.24, 2.45) is 11.1 Å². The number of hydrogen-bond donors (Lipinski definition) is 1. The maximum absolute atomic E-state index is 5.96. The highest BCUT2D eigenvalue weighted by atomic mass is 16.5. The molecule has 1 rings (SSSR count).